The van der Waals surface area contributed by atoms with Crippen LogP contribution in [0.15, 0.2) is 65.5 Å². The highest BCUT2D eigenvalue weighted by Crippen LogP contribution is 2.31. The third-order valence-electron chi connectivity index (χ3n) is 3.78. The number of hydrogen-bond acceptors (Lipinski definition) is 4. The van der Waals surface area contributed by atoms with Gasteiger partial charge in [0.1, 0.15) is 23.9 Å². The summed E-state index contributed by atoms with van der Waals surface area (Å²) in [6, 6.07) is 13.8. The van der Waals surface area contributed by atoms with Crippen molar-refractivity contribution in [3.8, 4) is 17.2 Å². The van der Waals surface area contributed by atoms with E-state index >= 15 is 0 Å². The van der Waals surface area contributed by atoms with Crippen molar-refractivity contribution in [2.45, 2.75) is 19.4 Å². The summed E-state index contributed by atoms with van der Waals surface area (Å²) in [4.78, 5) is 14.1. The number of ether oxygens (including phenoxy) is 2. The minimum Gasteiger partial charge on any atom is -0.487 e. The molecule has 2 N–H and O–H groups in total. The third kappa shape index (κ3) is 5.14. The molecule has 0 aliphatic heterocycles. The van der Waals surface area contributed by atoms with Crippen LogP contribution in [-0.4, -0.2) is 10.1 Å². The molecule has 3 rings (SSSR count). The average Bonchev–Trinajstić information content (AvgIpc) is 2.67. The Kier molecular flexibility index (Phi) is 5.70. The molecule has 2 aromatic carbocycles. The lowest BCUT2D eigenvalue weighted by atomic mass is 10.2. The molecule has 0 unspecified atom stereocenters. The summed E-state index contributed by atoms with van der Waals surface area (Å²) in [6.45, 7) is -0.144. The molecule has 0 fully saturated rings. The smallest absolute Gasteiger partial charge is 0.416 e. The van der Waals surface area contributed by atoms with Gasteiger partial charge in [0.2, 0.25) is 5.56 Å². The Morgan fingerprint density at radius 1 is 0.893 bits per heavy atom. The van der Waals surface area contributed by atoms with Gasteiger partial charge in [-0.15, -0.1) is 0 Å². The summed E-state index contributed by atoms with van der Waals surface area (Å²) in [6.07, 6.45) is -4.39. The van der Waals surface area contributed by atoms with Gasteiger partial charge in [-0.1, -0.05) is 0 Å². The number of alkyl halides is 3. The molecule has 0 amide bonds. The van der Waals surface area contributed by atoms with E-state index in [1.807, 2.05) is 0 Å². The van der Waals surface area contributed by atoms with Gasteiger partial charge in [-0.05, 0) is 60.2 Å². The van der Waals surface area contributed by atoms with E-state index in [-0.39, 0.29) is 24.5 Å². The van der Waals surface area contributed by atoms with Crippen molar-refractivity contribution >= 4 is 0 Å². The van der Waals surface area contributed by atoms with Gasteiger partial charge in [-0.2, -0.15) is 13.2 Å². The van der Waals surface area contributed by atoms with Gasteiger partial charge in [0, 0.05) is 6.07 Å². The molecule has 28 heavy (non-hydrogen) atoms. The van der Waals surface area contributed by atoms with Crippen molar-refractivity contribution in [3.05, 3.63) is 87.8 Å². The van der Waals surface area contributed by atoms with Crippen LogP contribution in [0.3, 0.4) is 0 Å². The highest BCUT2D eigenvalue weighted by molar-refractivity contribution is 5.36. The molecule has 1 heterocycles. The van der Waals surface area contributed by atoms with Crippen molar-refractivity contribution < 1.29 is 27.8 Å². The largest absolute Gasteiger partial charge is 0.487 e. The minimum atomic E-state index is -4.39. The summed E-state index contributed by atoms with van der Waals surface area (Å²) in [5.41, 5.74) is -0.0679. The van der Waals surface area contributed by atoms with Crippen LogP contribution in [0.4, 0.5) is 13.2 Å². The Morgan fingerprint density at radius 3 is 2.04 bits per heavy atom. The van der Waals surface area contributed by atoms with Gasteiger partial charge in [0.05, 0.1) is 17.9 Å². The van der Waals surface area contributed by atoms with E-state index in [1.54, 1.807) is 30.3 Å². The standard InChI is InChI=1S/C20H16F3NO4/c21-20(22,23)14-1-3-17(4-2-14)28-18-7-5-16(6-8-18)27-12-15-9-13(11-25)10-19(26)24-15/h1-10,25H,11-12H2,(H,24,26). The summed E-state index contributed by atoms with van der Waals surface area (Å²) in [7, 11) is 0. The first-order valence-corrected chi connectivity index (χ1v) is 8.24. The highest BCUT2D eigenvalue weighted by Gasteiger charge is 2.30. The van der Waals surface area contributed by atoms with Crippen LogP contribution in [0.1, 0.15) is 16.8 Å². The molecule has 0 radical (unpaired) electrons. The molecule has 0 aliphatic carbocycles. The molecule has 0 saturated heterocycles. The van der Waals surface area contributed by atoms with E-state index in [2.05, 4.69) is 4.98 Å². The first-order valence-electron chi connectivity index (χ1n) is 8.24. The topological polar surface area (TPSA) is 71.6 Å². The van der Waals surface area contributed by atoms with E-state index in [1.165, 1.54) is 18.2 Å². The zero-order chi connectivity index (χ0) is 20.1. The molecule has 0 spiro atoms. The predicted molar refractivity (Wildman–Crippen MR) is 95.3 cm³/mol. The average molecular weight is 391 g/mol. The van der Waals surface area contributed by atoms with Gasteiger partial charge in [-0.25, -0.2) is 0 Å². The lowest BCUT2D eigenvalue weighted by molar-refractivity contribution is -0.137. The Morgan fingerprint density at radius 2 is 1.46 bits per heavy atom. The lowest BCUT2D eigenvalue weighted by Crippen LogP contribution is -2.11. The van der Waals surface area contributed by atoms with Crippen LogP contribution in [0, 0.1) is 0 Å². The number of aliphatic hydroxyl groups excluding tert-OH is 1. The minimum absolute atomic E-state index is 0.0994. The SMILES string of the molecule is O=c1cc(CO)cc(COc2ccc(Oc3ccc(C(F)(F)F)cc3)cc2)[nH]1. The normalized spacial score (nSPS) is 11.3. The molecular formula is C20H16F3NO4. The zero-order valence-corrected chi connectivity index (χ0v) is 14.5. The molecule has 8 heteroatoms. The van der Waals surface area contributed by atoms with Gasteiger partial charge < -0.3 is 19.6 Å². The summed E-state index contributed by atoms with van der Waals surface area (Å²) < 4.78 is 48.8. The maximum atomic E-state index is 12.6. The first kappa shape index (κ1) is 19.5. The van der Waals surface area contributed by atoms with Crippen LogP contribution in [-0.2, 0) is 19.4 Å². The van der Waals surface area contributed by atoms with E-state index in [4.69, 9.17) is 14.6 Å². The molecule has 5 nitrogen and oxygen atoms in total. The number of aromatic nitrogens is 1. The molecule has 3 aromatic rings. The van der Waals surface area contributed by atoms with Crippen molar-refractivity contribution in [2.24, 2.45) is 0 Å². The molecular weight excluding hydrogens is 375 g/mol. The zero-order valence-electron chi connectivity index (χ0n) is 14.5. The Balaban J connectivity index is 1.60. The Bertz CT molecular complexity index is 980. The van der Waals surface area contributed by atoms with Gasteiger partial charge in [-0.3, -0.25) is 4.79 Å². The lowest BCUT2D eigenvalue weighted by Gasteiger charge is -2.10. The fraction of sp³-hybridized carbons (Fsp3) is 0.150. The van der Waals surface area contributed by atoms with Crippen molar-refractivity contribution in [2.75, 3.05) is 0 Å². The van der Waals surface area contributed by atoms with E-state index in [0.29, 0.717) is 22.8 Å². The van der Waals surface area contributed by atoms with Crippen LogP contribution < -0.4 is 15.0 Å². The molecule has 146 valence electrons. The second kappa shape index (κ2) is 8.18. The molecule has 0 aliphatic rings. The third-order valence-corrected chi connectivity index (χ3v) is 3.78. The number of pyridine rings is 1. The maximum absolute atomic E-state index is 12.6. The quantitative estimate of drug-likeness (QED) is 0.659. The predicted octanol–water partition coefficient (Wildman–Crippen LogP) is 4.26. The number of halogens is 3. The molecule has 0 atom stereocenters. The van der Waals surface area contributed by atoms with Gasteiger partial charge in [0.15, 0.2) is 0 Å². The van der Waals surface area contributed by atoms with Gasteiger partial charge >= 0.3 is 6.18 Å². The van der Waals surface area contributed by atoms with Crippen LogP contribution in [0.5, 0.6) is 17.2 Å². The monoisotopic (exact) mass is 391 g/mol. The van der Waals surface area contributed by atoms with Crippen molar-refractivity contribution in [1.82, 2.24) is 4.98 Å². The first-order chi connectivity index (χ1) is 13.3. The van der Waals surface area contributed by atoms with Crippen LogP contribution in [0.25, 0.3) is 0 Å². The fourth-order valence-electron chi connectivity index (χ4n) is 2.45. The number of aliphatic hydroxyl groups is 1. The van der Waals surface area contributed by atoms with Crippen LogP contribution >= 0.6 is 0 Å². The Labute approximate surface area is 158 Å². The second-order valence-corrected chi connectivity index (χ2v) is 5.92. The van der Waals surface area contributed by atoms with Crippen LogP contribution in [0.2, 0.25) is 0 Å². The number of benzene rings is 2. The number of nitrogens with one attached hydrogen (secondary N) is 1. The van der Waals surface area contributed by atoms with E-state index in [9.17, 15) is 18.0 Å². The van der Waals surface area contributed by atoms with Gasteiger partial charge in [0.25, 0.3) is 0 Å². The number of rotatable bonds is 6. The Hall–Kier alpha value is -3.26. The summed E-state index contributed by atoms with van der Waals surface area (Å²) in [5.74, 6) is 1.22. The molecule has 0 bridgehead atoms. The van der Waals surface area contributed by atoms with E-state index in [0.717, 1.165) is 12.1 Å². The second-order valence-electron chi connectivity index (χ2n) is 5.92. The summed E-state index contributed by atoms with van der Waals surface area (Å²) >= 11 is 0. The molecule has 1 aromatic heterocycles. The summed E-state index contributed by atoms with van der Waals surface area (Å²) in [5, 5.41) is 9.12. The van der Waals surface area contributed by atoms with Crippen molar-refractivity contribution in [1.29, 1.82) is 0 Å². The number of H-pyrrole nitrogens is 1. The maximum Gasteiger partial charge on any atom is 0.416 e. The number of aromatic amines is 1. The van der Waals surface area contributed by atoms with E-state index < -0.39 is 11.7 Å². The molecule has 0 saturated carbocycles. The number of hydrogen-bond donors (Lipinski definition) is 2. The highest BCUT2D eigenvalue weighted by atomic mass is 19.4. The van der Waals surface area contributed by atoms with Crippen molar-refractivity contribution in [3.63, 3.8) is 0 Å². The fourth-order valence-corrected chi connectivity index (χ4v) is 2.45.